The monoisotopic (exact) mass is 543 g/mol. The first-order chi connectivity index (χ1) is 17.9. The molecule has 1 amide bonds. The van der Waals surface area contributed by atoms with Gasteiger partial charge in [-0.05, 0) is 18.1 Å². The number of aromatic nitrogens is 2. The number of carbonyl (C=O) groups is 1. The van der Waals surface area contributed by atoms with Gasteiger partial charge in [-0.25, -0.2) is 14.4 Å². The molecule has 3 heterocycles. The minimum absolute atomic E-state index is 0.0383. The fraction of sp³-hybridized carbons (Fsp3) is 0.556. The highest BCUT2D eigenvalue weighted by atomic mass is 28.4. The van der Waals surface area contributed by atoms with Crippen molar-refractivity contribution < 1.29 is 23.2 Å². The van der Waals surface area contributed by atoms with Crippen LogP contribution in [0.1, 0.15) is 33.3 Å². The van der Waals surface area contributed by atoms with Crippen molar-refractivity contribution in [1.82, 2.24) is 14.9 Å². The Morgan fingerprint density at radius 1 is 1.24 bits per heavy atom. The molecule has 4 rings (SSSR count). The zero-order chi connectivity index (χ0) is 27.5. The second-order valence-electron chi connectivity index (χ2n) is 11.4. The molecular formula is C27H38FN5O4Si. The average molecular weight is 544 g/mol. The number of morpholine rings is 1. The van der Waals surface area contributed by atoms with Crippen LogP contribution in [-0.4, -0.2) is 80.3 Å². The van der Waals surface area contributed by atoms with Crippen LogP contribution in [0.25, 0.3) is 11.1 Å². The normalized spacial score (nSPS) is 18.3. The topological polar surface area (TPSA) is 89.4 Å². The van der Waals surface area contributed by atoms with Gasteiger partial charge in [0, 0.05) is 42.6 Å². The number of hydrogen-bond acceptors (Lipinski definition) is 8. The summed E-state index contributed by atoms with van der Waals surface area (Å²) < 4.78 is 27.2. The van der Waals surface area contributed by atoms with Crippen molar-refractivity contribution in [3.63, 3.8) is 0 Å². The minimum Gasteiger partial charge on any atom is -0.412 e. The molecule has 0 saturated carbocycles. The number of benzene rings is 1. The van der Waals surface area contributed by atoms with E-state index in [0.29, 0.717) is 62.0 Å². The van der Waals surface area contributed by atoms with Gasteiger partial charge < -0.3 is 23.8 Å². The molecule has 2 fully saturated rings. The highest BCUT2D eigenvalue weighted by Crippen LogP contribution is 2.37. The molecule has 0 radical (unpaired) electrons. The number of anilines is 1. The van der Waals surface area contributed by atoms with Gasteiger partial charge in [0.15, 0.2) is 8.32 Å². The van der Waals surface area contributed by atoms with E-state index >= 15 is 4.39 Å². The first kappa shape index (κ1) is 28.1. The molecule has 38 heavy (non-hydrogen) atoms. The SMILES string of the molecule is CC(=O)N1CCOC(CON=C2CN(c3ncc(-c4cccc(CO[Si](C)(C)C(C)(C)C)c4F)cn3)C2)C1. The number of nitrogens with zero attached hydrogens (tertiary/aromatic N) is 5. The Labute approximate surface area is 225 Å². The summed E-state index contributed by atoms with van der Waals surface area (Å²) in [6, 6.07) is 5.34. The molecule has 1 aromatic heterocycles. The van der Waals surface area contributed by atoms with Crippen LogP contribution >= 0.6 is 0 Å². The Kier molecular flexibility index (Phi) is 8.48. The number of ether oxygens (including phenoxy) is 1. The fourth-order valence-corrected chi connectivity index (χ4v) is 4.87. The van der Waals surface area contributed by atoms with Crippen molar-refractivity contribution in [3.05, 3.63) is 42.0 Å². The second kappa shape index (κ2) is 11.5. The maximum atomic E-state index is 15.3. The largest absolute Gasteiger partial charge is 0.412 e. The Balaban J connectivity index is 1.30. The lowest BCUT2D eigenvalue weighted by atomic mass is 10.1. The molecule has 9 nitrogen and oxygen atoms in total. The average Bonchev–Trinajstić information content (AvgIpc) is 2.84. The Hall–Kier alpha value is -2.89. The standard InChI is InChI=1S/C27H38FN5O4Si/c1-19(34)32-10-11-35-23(16-32)18-36-31-22-14-33(15-22)26-29-12-21(13-30-26)24-9-7-8-20(25(24)28)17-37-38(5,6)27(2,3)4/h7-9,12-13,23H,10-11,14-18H2,1-6H3. The van der Waals surface area contributed by atoms with Gasteiger partial charge in [-0.3, -0.25) is 4.79 Å². The van der Waals surface area contributed by atoms with E-state index in [-0.39, 0.29) is 29.5 Å². The summed E-state index contributed by atoms with van der Waals surface area (Å²) in [5.41, 5.74) is 2.48. The Morgan fingerprint density at radius 3 is 2.61 bits per heavy atom. The lowest BCUT2D eigenvalue weighted by Gasteiger charge is -2.36. The number of rotatable bonds is 8. The molecule has 11 heteroatoms. The molecule has 2 aliphatic rings. The summed E-state index contributed by atoms with van der Waals surface area (Å²) in [7, 11) is -1.99. The molecule has 2 aromatic rings. The summed E-state index contributed by atoms with van der Waals surface area (Å²) in [6.45, 7) is 15.7. The predicted molar refractivity (Wildman–Crippen MR) is 147 cm³/mol. The molecule has 206 valence electrons. The highest BCUT2D eigenvalue weighted by Gasteiger charge is 2.37. The van der Waals surface area contributed by atoms with Crippen molar-refractivity contribution in [1.29, 1.82) is 0 Å². The van der Waals surface area contributed by atoms with E-state index in [1.807, 2.05) is 11.0 Å². The maximum absolute atomic E-state index is 15.3. The third kappa shape index (κ3) is 6.56. The predicted octanol–water partition coefficient (Wildman–Crippen LogP) is 4.24. The maximum Gasteiger partial charge on any atom is 0.225 e. The van der Waals surface area contributed by atoms with Crippen molar-refractivity contribution in [3.8, 4) is 11.1 Å². The van der Waals surface area contributed by atoms with Crippen LogP contribution < -0.4 is 4.90 Å². The van der Waals surface area contributed by atoms with Crippen molar-refractivity contribution in [2.75, 3.05) is 44.3 Å². The Morgan fingerprint density at radius 2 is 1.95 bits per heavy atom. The molecule has 1 unspecified atom stereocenters. The summed E-state index contributed by atoms with van der Waals surface area (Å²) >= 11 is 0. The second-order valence-corrected chi connectivity index (χ2v) is 16.2. The lowest BCUT2D eigenvalue weighted by molar-refractivity contribution is -0.139. The molecule has 2 aliphatic heterocycles. The molecule has 0 bridgehead atoms. The third-order valence-electron chi connectivity index (χ3n) is 7.49. The molecule has 1 aromatic carbocycles. The van der Waals surface area contributed by atoms with Gasteiger partial charge in [0.05, 0.1) is 38.6 Å². The van der Waals surface area contributed by atoms with Crippen LogP contribution in [0.5, 0.6) is 0 Å². The van der Waals surface area contributed by atoms with E-state index in [9.17, 15) is 4.79 Å². The van der Waals surface area contributed by atoms with Gasteiger partial charge in [-0.15, -0.1) is 0 Å². The first-order valence-corrected chi connectivity index (χ1v) is 15.9. The van der Waals surface area contributed by atoms with Gasteiger partial charge >= 0.3 is 0 Å². The van der Waals surface area contributed by atoms with Crippen LogP contribution in [-0.2, 0) is 25.4 Å². The summed E-state index contributed by atoms with van der Waals surface area (Å²) in [6.07, 6.45) is 3.11. The van der Waals surface area contributed by atoms with Crippen LogP contribution in [0.2, 0.25) is 18.1 Å². The molecule has 0 aliphatic carbocycles. The zero-order valence-electron chi connectivity index (χ0n) is 23.2. The molecule has 2 saturated heterocycles. The van der Waals surface area contributed by atoms with E-state index in [0.717, 1.165) is 5.71 Å². The van der Waals surface area contributed by atoms with E-state index in [4.69, 9.17) is 14.0 Å². The first-order valence-electron chi connectivity index (χ1n) is 13.0. The Bertz CT molecular complexity index is 1160. The van der Waals surface area contributed by atoms with Crippen LogP contribution in [0.3, 0.4) is 0 Å². The smallest absolute Gasteiger partial charge is 0.225 e. The number of oxime groups is 1. The third-order valence-corrected chi connectivity index (χ3v) is 12.0. The minimum atomic E-state index is -1.99. The van der Waals surface area contributed by atoms with Gasteiger partial charge in [0.2, 0.25) is 11.9 Å². The summed E-state index contributed by atoms with van der Waals surface area (Å²) in [4.78, 5) is 29.6. The lowest BCUT2D eigenvalue weighted by Crippen LogP contribution is -2.49. The van der Waals surface area contributed by atoms with Gasteiger partial charge in [-0.1, -0.05) is 44.1 Å². The summed E-state index contributed by atoms with van der Waals surface area (Å²) in [5, 5.41) is 4.24. The van der Waals surface area contributed by atoms with Crippen molar-refractivity contribution >= 4 is 25.9 Å². The number of hydrogen-bond donors (Lipinski definition) is 0. The van der Waals surface area contributed by atoms with Crippen molar-refractivity contribution in [2.24, 2.45) is 5.16 Å². The molecular weight excluding hydrogens is 505 g/mol. The quantitative estimate of drug-likeness (QED) is 0.363. The van der Waals surface area contributed by atoms with E-state index < -0.39 is 8.32 Å². The molecule has 0 spiro atoms. The molecule has 0 N–H and O–H groups in total. The van der Waals surface area contributed by atoms with Crippen LogP contribution in [0.15, 0.2) is 35.7 Å². The summed E-state index contributed by atoms with van der Waals surface area (Å²) in [5.74, 6) is 0.293. The zero-order valence-corrected chi connectivity index (χ0v) is 24.2. The highest BCUT2D eigenvalue weighted by molar-refractivity contribution is 6.74. The van der Waals surface area contributed by atoms with Gasteiger partial charge in [0.1, 0.15) is 18.5 Å². The number of amides is 1. The van der Waals surface area contributed by atoms with Crippen molar-refractivity contribution in [2.45, 2.75) is 58.5 Å². The van der Waals surface area contributed by atoms with E-state index in [2.05, 4.69) is 49.0 Å². The van der Waals surface area contributed by atoms with Crippen LogP contribution in [0, 0.1) is 5.82 Å². The van der Waals surface area contributed by atoms with Gasteiger partial charge in [0.25, 0.3) is 0 Å². The fourth-order valence-electron chi connectivity index (χ4n) is 3.92. The number of halogens is 1. The number of carbonyl (C=O) groups excluding carboxylic acids is 1. The van der Waals surface area contributed by atoms with Gasteiger partial charge in [-0.2, -0.15) is 0 Å². The van der Waals surface area contributed by atoms with E-state index in [1.165, 1.54) is 0 Å². The molecule has 1 atom stereocenters. The van der Waals surface area contributed by atoms with Crippen LogP contribution in [0.4, 0.5) is 10.3 Å². The van der Waals surface area contributed by atoms with E-state index in [1.54, 1.807) is 36.4 Å².